The van der Waals surface area contributed by atoms with E-state index in [0.29, 0.717) is 30.6 Å². The predicted octanol–water partition coefficient (Wildman–Crippen LogP) is 1.51. The normalized spacial score (nSPS) is 16.9. The van der Waals surface area contributed by atoms with Crippen molar-refractivity contribution in [2.75, 3.05) is 18.0 Å². The molecule has 0 unspecified atom stereocenters. The Labute approximate surface area is 151 Å². The minimum Gasteiger partial charge on any atom is -0.358 e. The zero-order chi connectivity index (χ0) is 18.3. The number of H-pyrrole nitrogens is 1. The summed E-state index contributed by atoms with van der Waals surface area (Å²) in [5.74, 6) is 0.628. The molecular formula is C19H21N5O2. The Bertz CT molecular complexity index is 912. The van der Waals surface area contributed by atoms with Crippen molar-refractivity contribution in [1.29, 1.82) is 0 Å². The first-order valence-electron chi connectivity index (χ1n) is 8.79. The first kappa shape index (κ1) is 16.5. The maximum atomic E-state index is 12.5. The van der Waals surface area contributed by atoms with Gasteiger partial charge in [-0.05, 0) is 38.0 Å². The van der Waals surface area contributed by atoms with Gasteiger partial charge in [-0.2, -0.15) is 0 Å². The number of carbonyl (C=O) groups excluding carboxylic acids is 1. The monoisotopic (exact) mass is 351 g/mol. The van der Waals surface area contributed by atoms with Crippen molar-refractivity contribution in [3.63, 3.8) is 0 Å². The molecule has 2 aliphatic rings. The predicted molar refractivity (Wildman–Crippen MR) is 98.9 cm³/mol. The Hall–Kier alpha value is -2.96. The van der Waals surface area contributed by atoms with E-state index >= 15 is 0 Å². The van der Waals surface area contributed by atoms with Crippen LogP contribution in [-0.2, 0) is 4.79 Å². The van der Waals surface area contributed by atoms with E-state index in [4.69, 9.17) is 0 Å². The van der Waals surface area contributed by atoms with Gasteiger partial charge in [0.05, 0.1) is 11.7 Å². The van der Waals surface area contributed by atoms with Gasteiger partial charge in [-0.25, -0.2) is 9.97 Å². The number of amides is 1. The van der Waals surface area contributed by atoms with Crippen LogP contribution in [0.4, 0.5) is 5.69 Å². The molecule has 0 radical (unpaired) electrons. The number of carbonyl (C=O) groups is 1. The van der Waals surface area contributed by atoms with Crippen LogP contribution in [0.1, 0.15) is 18.7 Å². The van der Waals surface area contributed by atoms with Gasteiger partial charge in [-0.1, -0.05) is 6.58 Å². The molecule has 3 heterocycles. The molecule has 1 N–H and O–H groups in total. The molecule has 1 saturated heterocycles. The maximum absolute atomic E-state index is 12.5. The van der Waals surface area contributed by atoms with Crippen LogP contribution in [0.25, 0.3) is 11.3 Å². The summed E-state index contributed by atoms with van der Waals surface area (Å²) >= 11 is 0. The molecule has 0 bridgehead atoms. The number of aryl methyl sites for hydroxylation is 1. The molecule has 2 fully saturated rings. The number of nitrogens with one attached hydrogen (secondary N) is 1. The third-order valence-corrected chi connectivity index (χ3v) is 4.92. The molecular weight excluding hydrogens is 330 g/mol. The number of hydrogen-bond acceptors (Lipinski definition) is 5. The average molecular weight is 351 g/mol. The number of likely N-dealkylation sites (tertiary alicyclic amines) is 1. The van der Waals surface area contributed by atoms with E-state index in [1.54, 1.807) is 17.3 Å². The van der Waals surface area contributed by atoms with E-state index in [-0.39, 0.29) is 17.5 Å². The van der Waals surface area contributed by atoms with Crippen molar-refractivity contribution in [3.05, 3.63) is 53.4 Å². The Morgan fingerprint density at radius 3 is 2.81 bits per heavy atom. The highest BCUT2D eigenvalue weighted by atomic mass is 16.2. The van der Waals surface area contributed by atoms with E-state index in [1.165, 1.54) is 6.08 Å². The summed E-state index contributed by atoms with van der Waals surface area (Å²) in [5, 5.41) is 0. The van der Waals surface area contributed by atoms with Crippen molar-refractivity contribution in [1.82, 2.24) is 19.9 Å². The van der Waals surface area contributed by atoms with Gasteiger partial charge in [-0.15, -0.1) is 0 Å². The highest BCUT2D eigenvalue weighted by molar-refractivity contribution is 5.88. The summed E-state index contributed by atoms with van der Waals surface area (Å²) in [4.78, 5) is 39.6. The second-order valence-electron chi connectivity index (χ2n) is 6.83. The molecule has 0 aromatic carbocycles. The van der Waals surface area contributed by atoms with Crippen LogP contribution in [0.5, 0.6) is 0 Å². The lowest BCUT2D eigenvalue weighted by Crippen LogP contribution is -2.62. The SMILES string of the molecule is C=CC(=O)N1CC(N(c2cc(-c3ccnc(C)n3)c[nH]c2=O)C2CC2)C1. The van der Waals surface area contributed by atoms with Gasteiger partial charge in [0.1, 0.15) is 11.5 Å². The molecule has 4 rings (SSSR count). The Morgan fingerprint density at radius 2 is 2.15 bits per heavy atom. The van der Waals surface area contributed by atoms with Gasteiger partial charge in [0.25, 0.3) is 5.56 Å². The molecule has 1 aliphatic heterocycles. The van der Waals surface area contributed by atoms with Crippen LogP contribution in [0.3, 0.4) is 0 Å². The smallest absolute Gasteiger partial charge is 0.271 e. The largest absolute Gasteiger partial charge is 0.358 e. The van der Waals surface area contributed by atoms with Crippen LogP contribution >= 0.6 is 0 Å². The molecule has 1 amide bonds. The molecule has 134 valence electrons. The maximum Gasteiger partial charge on any atom is 0.271 e. The van der Waals surface area contributed by atoms with Crippen molar-refractivity contribution >= 4 is 11.6 Å². The molecule has 2 aromatic heterocycles. The molecule has 0 atom stereocenters. The number of aromatic amines is 1. The van der Waals surface area contributed by atoms with Gasteiger partial charge < -0.3 is 14.8 Å². The summed E-state index contributed by atoms with van der Waals surface area (Å²) in [5.41, 5.74) is 2.17. The van der Waals surface area contributed by atoms with Crippen LogP contribution in [-0.4, -0.2) is 50.9 Å². The van der Waals surface area contributed by atoms with Crippen LogP contribution in [0, 0.1) is 6.92 Å². The van der Waals surface area contributed by atoms with Gasteiger partial charge in [0.15, 0.2) is 0 Å². The minimum atomic E-state index is -0.111. The van der Waals surface area contributed by atoms with Crippen molar-refractivity contribution in [2.45, 2.75) is 31.8 Å². The molecule has 1 aliphatic carbocycles. The summed E-state index contributed by atoms with van der Waals surface area (Å²) in [7, 11) is 0. The number of nitrogens with zero attached hydrogens (tertiary/aromatic N) is 4. The van der Waals surface area contributed by atoms with Crippen LogP contribution in [0.2, 0.25) is 0 Å². The number of pyridine rings is 1. The average Bonchev–Trinajstić information content (AvgIpc) is 3.43. The number of rotatable bonds is 5. The molecule has 1 saturated carbocycles. The molecule has 0 spiro atoms. The van der Waals surface area contributed by atoms with Gasteiger partial charge in [0, 0.05) is 37.1 Å². The van der Waals surface area contributed by atoms with E-state index < -0.39 is 0 Å². The van der Waals surface area contributed by atoms with E-state index in [0.717, 1.165) is 24.1 Å². The number of hydrogen-bond donors (Lipinski definition) is 1. The molecule has 7 heteroatoms. The fourth-order valence-corrected chi connectivity index (χ4v) is 3.41. The Morgan fingerprint density at radius 1 is 1.38 bits per heavy atom. The highest BCUT2D eigenvalue weighted by Gasteiger charge is 2.42. The second kappa shape index (κ2) is 6.40. The quantitative estimate of drug-likeness (QED) is 0.826. The van der Waals surface area contributed by atoms with Gasteiger partial charge in [0.2, 0.25) is 5.91 Å². The summed E-state index contributed by atoms with van der Waals surface area (Å²) < 4.78 is 0. The third kappa shape index (κ3) is 3.00. The standard InChI is InChI=1S/C19H21N5O2/c1-3-18(25)23-10-15(11-23)24(14-4-5-14)17-8-13(9-21-19(17)26)16-6-7-20-12(2)22-16/h3,6-9,14-15H,1,4-5,10-11H2,2H3,(H,21,26). The summed E-state index contributed by atoms with van der Waals surface area (Å²) in [6.45, 7) is 6.62. The summed E-state index contributed by atoms with van der Waals surface area (Å²) in [6.07, 6.45) is 6.88. The number of anilines is 1. The minimum absolute atomic E-state index is 0.0592. The highest BCUT2D eigenvalue weighted by Crippen LogP contribution is 2.35. The van der Waals surface area contributed by atoms with Crippen molar-refractivity contribution < 1.29 is 4.79 Å². The molecule has 2 aromatic rings. The second-order valence-corrected chi connectivity index (χ2v) is 6.83. The van der Waals surface area contributed by atoms with Crippen molar-refractivity contribution in [3.8, 4) is 11.3 Å². The Kier molecular flexibility index (Phi) is 4.06. The molecule has 26 heavy (non-hydrogen) atoms. The van der Waals surface area contributed by atoms with E-state index in [9.17, 15) is 9.59 Å². The van der Waals surface area contributed by atoms with Gasteiger partial charge >= 0.3 is 0 Å². The number of aromatic nitrogens is 3. The third-order valence-electron chi connectivity index (χ3n) is 4.92. The zero-order valence-electron chi connectivity index (χ0n) is 14.7. The van der Waals surface area contributed by atoms with Crippen LogP contribution < -0.4 is 10.5 Å². The van der Waals surface area contributed by atoms with Crippen LogP contribution in [0.15, 0.2) is 42.0 Å². The van der Waals surface area contributed by atoms with Gasteiger partial charge in [-0.3, -0.25) is 9.59 Å². The summed E-state index contributed by atoms with van der Waals surface area (Å²) in [6, 6.07) is 4.26. The van der Waals surface area contributed by atoms with Crippen molar-refractivity contribution in [2.24, 2.45) is 0 Å². The first-order chi connectivity index (χ1) is 12.6. The lowest BCUT2D eigenvalue weighted by atomic mass is 10.0. The van der Waals surface area contributed by atoms with E-state index in [1.807, 2.05) is 19.1 Å². The lowest BCUT2D eigenvalue weighted by molar-refractivity contribution is -0.130. The fourth-order valence-electron chi connectivity index (χ4n) is 3.41. The Balaban J connectivity index is 1.65. The lowest BCUT2D eigenvalue weighted by Gasteiger charge is -2.46. The molecule has 7 nitrogen and oxygen atoms in total. The zero-order valence-corrected chi connectivity index (χ0v) is 14.7. The topological polar surface area (TPSA) is 82.2 Å². The fraction of sp³-hybridized carbons (Fsp3) is 0.368. The van der Waals surface area contributed by atoms with E-state index in [2.05, 4.69) is 26.4 Å². The first-order valence-corrected chi connectivity index (χ1v) is 8.79.